The van der Waals surface area contributed by atoms with E-state index in [1.54, 1.807) is 11.8 Å². The van der Waals surface area contributed by atoms with E-state index in [9.17, 15) is 25.2 Å². The second kappa shape index (κ2) is 15.7. The fourth-order valence-electron chi connectivity index (χ4n) is 5.30. The maximum absolute atomic E-state index is 12.2. The minimum absolute atomic E-state index is 0.179. The molecule has 4 atom stereocenters. The molecular weight excluding hydrogens is 608 g/mol. The summed E-state index contributed by atoms with van der Waals surface area (Å²) in [6.45, 7) is 1.61. The number of pyridine rings is 2. The number of aliphatic hydroxyl groups is 5. The summed E-state index contributed by atoms with van der Waals surface area (Å²) < 4.78 is 6.24. The lowest BCUT2D eigenvalue weighted by Crippen LogP contribution is -2.49. The number of nitrogens with zero attached hydrogens (tertiary/aromatic N) is 2. The third-order valence-electron chi connectivity index (χ3n) is 8.48. The molecule has 12 heteroatoms. The number of nitrogens with one attached hydrogen (secondary N) is 2. The van der Waals surface area contributed by atoms with Crippen molar-refractivity contribution in [2.75, 3.05) is 18.9 Å². The Labute approximate surface area is 273 Å². The van der Waals surface area contributed by atoms with Crippen molar-refractivity contribution >= 4 is 17.7 Å². The molecule has 0 aliphatic heterocycles. The van der Waals surface area contributed by atoms with Gasteiger partial charge >= 0.3 is 0 Å². The highest BCUT2D eigenvalue weighted by molar-refractivity contribution is 7.99. The normalized spacial score (nSPS) is 18.0. The van der Waals surface area contributed by atoms with Crippen molar-refractivity contribution < 1.29 is 35.1 Å². The number of hydrogen-bond acceptors (Lipinski definition) is 11. The summed E-state index contributed by atoms with van der Waals surface area (Å²) in [7, 11) is 0. The Balaban J connectivity index is 1.12. The van der Waals surface area contributed by atoms with E-state index >= 15 is 0 Å². The van der Waals surface area contributed by atoms with Gasteiger partial charge in [0.25, 0.3) is 0 Å². The van der Waals surface area contributed by atoms with Crippen LogP contribution in [0.5, 0.6) is 5.75 Å². The Morgan fingerprint density at radius 1 is 1.04 bits per heavy atom. The van der Waals surface area contributed by atoms with Crippen molar-refractivity contribution in [1.82, 2.24) is 20.6 Å². The van der Waals surface area contributed by atoms with Gasteiger partial charge in [0, 0.05) is 43.0 Å². The Morgan fingerprint density at radius 2 is 1.80 bits per heavy atom. The molecule has 3 aromatic rings. The van der Waals surface area contributed by atoms with E-state index in [1.807, 2.05) is 36.7 Å². The quantitative estimate of drug-likeness (QED) is 0.0792. The lowest BCUT2D eigenvalue weighted by molar-refractivity contribution is -0.126. The summed E-state index contributed by atoms with van der Waals surface area (Å²) >= 11 is 1.56. The first kappa shape index (κ1) is 34.2. The summed E-state index contributed by atoms with van der Waals surface area (Å²) in [4.78, 5) is 21.6. The second-order valence-corrected chi connectivity index (χ2v) is 13.3. The predicted octanol–water partition coefficient (Wildman–Crippen LogP) is 2.20. The van der Waals surface area contributed by atoms with Crippen LogP contribution >= 0.6 is 11.8 Å². The number of carbonyl (C=O) groups excluding carboxylic acids is 1. The molecule has 0 bridgehead atoms. The molecule has 1 amide bonds. The molecule has 2 fully saturated rings. The van der Waals surface area contributed by atoms with Gasteiger partial charge in [0.15, 0.2) is 0 Å². The van der Waals surface area contributed by atoms with E-state index in [2.05, 4.69) is 40.7 Å². The van der Waals surface area contributed by atoms with Gasteiger partial charge in [-0.1, -0.05) is 24.3 Å². The van der Waals surface area contributed by atoms with Crippen LogP contribution in [0.2, 0.25) is 0 Å². The molecule has 46 heavy (non-hydrogen) atoms. The lowest BCUT2D eigenvalue weighted by atomic mass is 9.94. The number of hydrogen-bond donors (Lipinski definition) is 7. The standard InChI is InChI=1S/C34H44N4O7S/c1-21-8-11-31(46-16-4-7-30(42)36-19-27(40)32(43)33(44)28(41)20-39)38-26(21)18-37-34(13-14-34)25-17-35-15-12-23(25)24-5-2-3-6-29(24)45-22-9-10-22/h2-3,5-6,8,11-12,15,17,22,27-28,32-33,37,39-41,43-44H,4,7,9-10,13-14,16,18-20H2,1H3,(H,36,42)/t27-,28+,32+,33+/m0/s1. The SMILES string of the molecule is Cc1ccc(SCCCC(=O)NC[C@H](O)[C@@H](O)[C@H](O)[C@H](O)CO)nc1CNC1(c2cnccc2-c2ccccc2OC2CC2)CC1. The van der Waals surface area contributed by atoms with Gasteiger partial charge in [0.1, 0.15) is 24.1 Å². The van der Waals surface area contributed by atoms with E-state index in [0.29, 0.717) is 24.8 Å². The number of para-hydroxylation sites is 1. The van der Waals surface area contributed by atoms with Crippen LogP contribution in [-0.2, 0) is 16.9 Å². The zero-order chi connectivity index (χ0) is 32.7. The summed E-state index contributed by atoms with van der Waals surface area (Å²) in [5.74, 6) is 1.27. The highest BCUT2D eigenvalue weighted by Gasteiger charge is 2.46. The predicted molar refractivity (Wildman–Crippen MR) is 174 cm³/mol. The molecule has 2 saturated carbocycles. The van der Waals surface area contributed by atoms with Crippen LogP contribution in [0.4, 0.5) is 0 Å². The average Bonchev–Trinajstić information content (AvgIpc) is 4.02. The second-order valence-electron chi connectivity index (χ2n) is 12.1. The number of rotatable bonds is 18. The Morgan fingerprint density at radius 3 is 2.54 bits per heavy atom. The third kappa shape index (κ3) is 8.82. The largest absolute Gasteiger partial charge is 0.490 e. The maximum Gasteiger partial charge on any atom is 0.220 e. The fraction of sp³-hybridized carbons (Fsp3) is 0.500. The first-order chi connectivity index (χ1) is 22.2. The smallest absolute Gasteiger partial charge is 0.220 e. The highest BCUT2D eigenvalue weighted by atomic mass is 32.2. The van der Waals surface area contributed by atoms with E-state index in [4.69, 9.17) is 14.8 Å². The van der Waals surface area contributed by atoms with Gasteiger partial charge in [-0.05, 0) is 79.7 Å². The van der Waals surface area contributed by atoms with Crippen LogP contribution in [0.1, 0.15) is 55.3 Å². The molecule has 11 nitrogen and oxygen atoms in total. The van der Waals surface area contributed by atoms with Crippen LogP contribution < -0.4 is 15.4 Å². The molecule has 0 radical (unpaired) electrons. The molecule has 0 unspecified atom stereocenters. The molecule has 248 valence electrons. The Kier molecular flexibility index (Phi) is 11.7. The zero-order valence-corrected chi connectivity index (χ0v) is 26.8. The van der Waals surface area contributed by atoms with E-state index in [0.717, 1.165) is 58.8 Å². The number of thioether (sulfide) groups is 1. The molecular formula is C34H44N4O7S. The van der Waals surface area contributed by atoms with Gasteiger partial charge < -0.3 is 40.9 Å². The van der Waals surface area contributed by atoms with E-state index < -0.39 is 31.0 Å². The van der Waals surface area contributed by atoms with Gasteiger partial charge in [-0.25, -0.2) is 4.98 Å². The van der Waals surface area contributed by atoms with E-state index in [1.165, 1.54) is 5.56 Å². The van der Waals surface area contributed by atoms with Crippen LogP contribution in [0.15, 0.2) is 59.9 Å². The van der Waals surface area contributed by atoms with Gasteiger partial charge in [-0.2, -0.15) is 0 Å². The number of aryl methyl sites for hydroxylation is 1. The summed E-state index contributed by atoms with van der Waals surface area (Å²) in [6.07, 6.45) is 2.61. The molecule has 2 aliphatic rings. The summed E-state index contributed by atoms with van der Waals surface area (Å²) in [6, 6.07) is 14.4. The monoisotopic (exact) mass is 652 g/mol. The van der Waals surface area contributed by atoms with E-state index in [-0.39, 0.29) is 24.4 Å². The average molecular weight is 653 g/mol. The molecule has 0 spiro atoms. The van der Waals surface area contributed by atoms with Crippen molar-refractivity contribution in [3.8, 4) is 16.9 Å². The van der Waals surface area contributed by atoms with Crippen LogP contribution in [0, 0.1) is 6.92 Å². The number of aromatic nitrogens is 2. The number of amides is 1. The Bertz CT molecular complexity index is 1470. The molecule has 0 saturated heterocycles. The van der Waals surface area contributed by atoms with Crippen molar-refractivity contribution in [3.63, 3.8) is 0 Å². The summed E-state index contributed by atoms with van der Waals surface area (Å²) in [5.41, 5.74) is 5.28. The van der Waals surface area contributed by atoms with Crippen LogP contribution in [0.25, 0.3) is 11.1 Å². The molecule has 1 aromatic carbocycles. The molecule has 7 N–H and O–H groups in total. The van der Waals surface area contributed by atoms with Gasteiger partial charge in [-0.15, -0.1) is 11.8 Å². The van der Waals surface area contributed by atoms with Crippen molar-refractivity contribution in [3.05, 3.63) is 71.7 Å². The summed E-state index contributed by atoms with van der Waals surface area (Å²) in [5, 5.41) is 55.0. The van der Waals surface area contributed by atoms with Gasteiger partial charge in [0.05, 0.1) is 29.5 Å². The molecule has 5 rings (SSSR count). The Hall–Kier alpha value is -3.10. The van der Waals surface area contributed by atoms with Crippen LogP contribution in [-0.4, -0.2) is 90.8 Å². The maximum atomic E-state index is 12.2. The van der Waals surface area contributed by atoms with Gasteiger partial charge in [0.2, 0.25) is 5.91 Å². The molecule has 2 aromatic heterocycles. The lowest BCUT2D eigenvalue weighted by Gasteiger charge is -2.25. The first-order valence-electron chi connectivity index (χ1n) is 15.9. The van der Waals surface area contributed by atoms with Crippen molar-refractivity contribution in [2.45, 2.75) is 93.1 Å². The minimum Gasteiger partial charge on any atom is -0.490 e. The van der Waals surface area contributed by atoms with Gasteiger partial charge in [-0.3, -0.25) is 9.78 Å². The zero-order valence-electron chi connectivity index (χ0n) is 26.0. The molecule has 2 heterocycles. The molecule has 2 aliphatic carbocycles. The number of carbonyl (C=O) groups is 1. The van der Waals surface area contributed by atoms with Crippen LogP contribution in [0.3, 0.4) is 0 Å². The topological polar surface area (TPSA) is 177 Å². The van der Waals surface area contributed by atoms with Crippen molar-refractivity contribution in [2.24, 2.45) is 0 Å². The van der Waals surface area contributed by atoms with Crippen molar-refractivity contribution in [1.29, 1.82) is 0 Å². The third-order valence-corrected chi connectivity index (χ3v) is 9.50. The number of benzene rings is 1. The first-order valence-corrected chi connectivity index (χ1v) is 16.8. The minimum atomic E-state index is -1.73. The fourth-order valence-corrected chi connectivity index (χ4v) is 6.13. The number of ether oxygens (including phenoxy) is 1. The number of aliphatic hydroxyl groups excluding tert-OH is 5. The highest BCUT2D eigenvalue weighted by Crippen LogP contribution is 2.50.